The number of ketones is 2. The van der Waals surface area contributed by atoms with Crippen molar-refractivity contribution in [1.82, 2.24) is 0 Å². The molecule has 0 bridgehead atoms. The van der Waals surface area contributed by atoms with Gasteiger partial charge in [0.1, 0.15) is 22.9 Å². The Balaban J connectivity index is 1.27. The average molecular weight is 1030 g/mol. The van der Waals surface area contributed by atoms with Gasteiger partial charge < -0.3 is 30.7 Å². The number of benzene rings is 5. The highest BCUT2D eigenvalue weighted by molar-refractivity contribution is 6.37. The lowest BCUT2D eigenvalue weighted by atomic mass is 10.1. The largest absolute Gasteiger partial charge is 0.495 e. The maximum absolute atomic E-state index is 13.5. The molecule has 354 valence electrons. The second-order valence-corrected chi connectivity index (χ2v) is 16.4. The lowest BCUT2D eigenvalue weighted by Crippen LogP contribution is -2.32. The summed E-state index contributed by atoms with van der Waals surface area (Å²) < 4.78 is 10.8. The van der Waals surface area contributed by atoms with E-state index < -0.39 is 47.3 Å². The molecule has 2 atom stereocenters. The van der Waals surface area contributed by atoms with Crippen molar-refractivity contribution >= 4 is 127 Å². The first-order valence-electron chi connectivity index (χ1n) is 20.4. The Kier molecular flexibility index (Phi) is 19.4. The highest BCUT2D eigenvalue weighted by atomic mass is 35.5. The lowest BCUT2D eigenvalue weighted by molar-refractivity contribution is -0.127. The van der Waals surface area contributed by atoms with E-state index in [0.717, 1.165) is 25.0 Å². The van der Waals surface area contributed by atoms with Gasteiger partial charge in [0.2, 0.25) is 12.1 Å². The van der Waals surface area contributed by atoms with Gasteiger partial charge in [-0.1, -0.05) is 47.5 Å². The van der Waals surface area contributed by atoms with Crippen molar-refractivity contribution in [1.29, 1.82) is 0 Å². The number of azo groups is 2. The minimum atomic E-state index is -1.65. The third-order valence-electron chi connectivity index (χ3n) is 9.84. The number of hydrogen-bond donors (Lipinski definition) is 4. The monoisotopic (exact) mass is 1020 g/mol. The molecule has 21 heteroatoms. The Hall–Kier alpha value is -6.43. The molecule has 0 spiro atoms. The zero-order valence-corrected chi connectivity index (χ0v) is 40.6. The molecule has 4 amide bonds. The van der Waals surface area contributed by atoms with Crippen molar-refractivity contribution in [3.05, 3.63) is 129 Å². The number of halogens is 5. The summed E-state index contributed by atoms with van der Waals surface area (Å²) in [5.41, 5.74) is 3.28. The number of Topliss-reactive ketones (excluding diaryl/α,β-unsaturated/α-hetero) is 2. The summed E-state index contributed by atoms with van der Waals surface area (Å²) in [6.07, 6.45) is 1.13. The van der Waals surface area contributed by atoms with Crippen LogP contribution in [0, 0.1) is 0 Å². The summed E-state index contributed by atoms with van der Waals surface area (Å²) in [7, 11) is 2.93. The number of nitrogens with one attached hydrogen (secondary N) is 4. The number of ether oxygens (including phenoxy) is 2. The molecule has 0 heterocycles. The maximum atomic E-state index is 13.5. The Morgan fingerprint density at radius 1 is 0.559 bits per heavy atom. The molecule has 2 unspecified atom stereocenters. The van der Waals surface area contributed by atoms with Gasteiger partial charge in [-0.2, -0.15) is 20.5 Å². The fourth-order valence-electron chi connectivity index (χ4n) is 6.35. The van der Waals surface area contributed by atoms with Crippen LogP contribution in [0.4, 0.5) is 34.1 Å². The molecule has 0 radical (unpaired) electrons. The van der Waals surface area contributed by atoms with Gasteiger partial charge in [-0.15, -0.1) is 34.8 Å². The molecule has 68 heavy (non-hydrogen) atoms. The first-order chi connectivity index (χ1) is 32.6. The molecular weight excluding hydrogens is 982 g/mol. The van der Waals surface area contributed by atoms with E-state index in [1.165, 1.54) is 68.8 Å². The minimum Gasteiger partial charge on any atom is -0.495 e. The Morgan fingerprint density at radius 3 is 1.43 bits per heavy atom. The number of aryl methyl sites for hydroxylation is 2. The highest BCUT2D eigenvalue weighted by Gasteiger charge is 2.27. The van der Waals surface area contributed by atoms with E-state index in [1.807, 2.05) is 12.1 Å². The van der Waals surface area contributed by atoms with Gasteiger partial charge in [0.25, 0.3) is 23.6 Å². The van der Waals surface area contributed by atoms with E-state index in [2.05, 4.69) is 41.7 Å². The van der Waals surface area contributed by atoms with Crippen molar-refractivity contribution in [2.45, 2.75) is 44.7 Å². The molecule has 5 aromatic carbocycles. The van der Waals surface area contributed by atoms with Crippen molar-refractivity contribution in [2.24, 2.45) is 20.5 Å². The zero-order chi connectivity index (χ0) is 49.5. The predicted octanol–water partition coefficient (Wildman–Crippen LogP) is 11.2. The Labute approximate surface area is 416 Å². The fraction of sp³-hybridized carbons (Fsp3) is 0.234. The third-order valence-corrected chi connectivity index (χ3v) is 11.3. The van der Waals surface area contributed by atoms with E-state index in [1.54, 1.807) is 24.3 Å². The second-order valence-electron chi connectivity index (χ2n) is 14.6. The average Bonchev–Trinajstić information content (AvgIpc) is 3.30. The lowest BCUT2D eigenvalue weighted by Gasteiger charge is -2.15. The first kappa shape index (κ1) is 52.5. The number of anilines is 4. The van der Waals surface area contributed by atoms with Crippen molar-refractivity contribution < 1.29 is 38.2 Å². The molecule has 0 aromatic heterocycles. The summed E-state index contributed by atoms with van der Waals surface area (Å²) in [4.78, 5) is 78.9. The summed E-state index contributed by atoms with van der Waals surface area (Å²) in [6.45, 7) is 2.30. The van der Waals surface area contributed by atoms with E-state index >= 15 is 0 Å². The van der Waals surface area contributed by atoms with Gasteiger partial charge in [0.15, 0.2) is 11.6 Å². The maximum Gasteiger partial charge on any atom is 0.258 e. The number of methoxy groups -OCH3 is 2. The molecular formula is C47H43Cl5N8O8. The van der Waals surface area contributed by atoms with Crippen molar-refractivity contribution in [3.63, 3.8) is 0 Å². The normalized spacial score (nSPS) is 12.0. The van der Waals surface area contributed by atoms with Gasteiger partial charge in [-0.05, 0) is 110 Å². The summed E-state index contributed by atoms with van der Waals surface area (Å²) in [5.74, 6) is -2.80. The van der Waals surface area contributed by atoms with Gasteiger partial charge in [0.05, 0.1) is 46.8 Å². The molecule has 0 aliphatic heterocycles. The van der Waals surface area contributed by atoms with Crippen LogP contribution in [-0.4, -0.2) is 73.3 Å². The number of carbonyl (C=O) groups is 6. The first-order valence-corrected chi connectivity index (χ1v) is 22.8. The van der Waals surface area contributed by atoms with Crippen molar-refractivity contribution in [2.75, 3.05) is 47.2 Å². The molecule has 0 aliphatic carbocycles. The van der Waals surface area contributed by atoms with Gasteiger partial charge in [0, 0.05) is 29.0 Å². The van der Waals surface area contributed by atoms with Crippen LogP contribution in [0.5, 0.6) is 11.5 Å². The second kappa shape index (κ2) is 25.1. The number of alkyl halides is 3. The van der Waals surface area contributed by atoms with Gasteiger partial charge in [-0.3, -0.25) is 28.8 Å². The van der Waals surface area contributed by atoms with Crippen LogP contribution in [-0.2, 0) is 37.9 Å². The van der Waals surface area contributed by atoms with E-state index in [-0.39, 0.29) is 49.8 Å². The molecule has 5 aromatic rings. The van der Waals surface area contributed by atoms with Crippen LogP contribution in [0.25, 0.3) is 0 Å². The number of hydrogen-bond acceptors (Lipinski definition) is 12. The van der Waals surface area contributed by atoms with Gasteiger partial charge >= 0.3 is 0 Å². The van der Waals surface area contributed by atoms with Crippen LogP contribution in [0.15, 0.2) is 111 Å². The number of carbonyl (C=O) groups excluding carboxylic acids is 6. The molecule has 0 saturated heterocycles. The minimum absolute atomic E-state index is 0.00719. The SMILES string of the molecule is COc1ccc(CCCl)cc1NC(=O)c1cccc(N=NC(C(C)=O)C(=O)Nc2ccc(NC(=O)C(N=Nc3cccc(C(=O)Nc4cc(CCCl)ccc4OC)c3Cl)C(C)=O)c(CCl)c2)c1Cl. The van der Waals surface area contributed by atoms with E-state index in [9.17, 15) is 28.8 Å². The number of amides is 4. The highest BCUT2D eigenvalue weighted by Crippen LogP contribution is 2.34. The standard InChI is InChI=1S/C47H43Cl5N8O8/c1-25(61)42(59-57-34-9-5-7-31(40(34)51)44(63)55-36-21-27(17-19-48)11-15-38(36)67-3)46(65)53-30-13-14-33(29(23-30)24-50)54-47(66)43(26(2)62)60-58-35-10-6-8-32(41(35)52)45(64)56-37-22-28(18-20-49)12-16-39(37)68-4/h5-16,21-23,42-43H,17-20,24H2,1-4H3,(H,53,65)(H,54,66)(H,55,63)(H,56,64). The molecule has 5 rings (SSSR count). The van der Waals surface area contributed by atoms with Crippen LogP contribution < -0.4 is 30.7 Å². The quantitative estimate of drug-likeness (QED) is 0.0314. The molecule has 0 saturated carbocycles. The van der Waals surface area contributed by atoms with Crippen molar-refractivity contribution in [3.8, 4) is 11.5 Å². The fourth-order valence-corrected chi connectivity index (χ4v) is 7.51. The summed E-state index contributed by atoms with van der Waals surface area (Å²) >= 11 is 31.2. The molecule has 0 aliphatic rings. The zero-order valence-electron chi connectivity index (χ0n) is 36.8. The Bertz CT molecular complexity index is 2790. The van der Waals surface area contributed by atoms with Crippen LogP contribution >= 0.6 is 58.0 Å². The molecule has 4 N–H and O–H groups in total. The Morgan fingerprint density at radius 2 is 1.01 bits per heavy atom. The summed E-state index contributed by atoms with van der Waals surface area (Å²) in [5, 5.41) is 26.6. The third kappa shape index (κ3) is 13.6. The topological polar surface area (TPSA) is 218 Å². The smallest absolute Gasteiger partial charge is 0.258 e. The van der Waals surface area contributed by atoms with Crippen LogP contribution in [0.1, 0.15) is 51.3 Å². The van der Waals surface area contributed by atoms with Gasteiger partial charge in [-0.25, -0.2) is 0 Å². The summed E-state index contributed by atoms with van der Waals surface area (Å²) in [6, 6.07) is 20.4. The number of nitrogens with zero attached hydrogens (tertiary/aromatic N) is 4. The van der Waals surface area contributed by atoms with E-state index in [0.29, 0.717) is 53.0 Å². The molecule has 0 fully saturated rings. The van der Waals surface area contributed by atoms with Crippen LogP contribution in [0.2, 0.25) is 10.0 Å². The van der Waals surface area contributed by atoms with Crippen LogP contribution in [0.3, 0.4) is 0 Å². The van der Waals surface area contributed by atoms with E-state index in [4.69, 9.17) is 67.5 Å². The molecule has 16 nitrogen and oxygen atoms in total. The number of rotatable bonds is 21. The predicted molar refractivity (Wildman–Crippen MR) is 265 cm³/mol.